The van der Waals surface area contributed by atoms with Crippen LogP contribution in [0.3, 0.4) is 0 Å². The number of hydrogen-bond acceptors (Lipinski definition) is 6. The van der Waals surface area contributed by atoms with Crippen LogP contribution in [0.1, 0.15) is 115 Å². The highest BCUT2D eigenvalue weighted by atomic mass is 35.5. The highest BCUT2D eigenvalue weighted by Gasteiger charge is 2.28. The van der Waals surface area contributed by atoms with E-state index in [1.807, 2.05) is 0 Å². The summed E-state index contributed by atoms with van der Waals surface area (Å²) in [5.74, 6) is -1.74. The number of halogens is 2. The van der Waals surface area contributed by atoms with Crippen molar-refractivity contribution in [3.8, 4) is 0 Å². The summed E-state index contributed by atoms with van der Waals surface area (Å²) < 4.78 is 5.43. The van der Waals surface area contributed by atoms with Crippen LogP contribution in [0.4, 0.5) is 4.79 Å². The predicted molar refractivity (Wildman–Crippen MR) is 179 cm³/mol. The van der Waals surface area contributed by atoms with Crippen LogP contribution in [0, 0.1) is 0 Å². The summed E-state index contributed by atoms with van der Waals surface area (Å²) in [7, 11) is 0. The number of likely N-dealkylation sites (tertiary alicyclic amines) is 1. The second-order valence-electron chi connectivity index (χ2n) is 12.3. The Kier molecular flexibility index (Phi) is 16.4. The third-order valence-corrected chi connectivity index (χ3v) is 7.92. The number of allylic oxidation sites excluding steroid dienone is 1. The van der Waals surface area contributed by atoms with Gasteiger partial charge in [-0.05, 0) is 52.2 Å². The number of amides is 4. The topological polar surface area (TPSA) is 143 Å². The third-order valence-electron chi connectivity index (χ3n) is 7.29. The van der Waals surface area contributed by atoms with Gasteiger partial charge in [-0.3, -0.25) is 14.4 Å². The lowest BCUT2D eigenvalue weighted by atomic mass is 10.1. The fourth-order valence-corrected chi connectivity index (χ4v) is 5.34. The van der Waals surface area contributed by atoms with Gasteiger partial charge in [-0.2, -0.15) is 0 Å². The molecule has 0 radical (unpaired) electrons. The highest BCUT2D eigenvalue weighted by Crippen LogP contribution is 2.24. The Bertz CT molecular complexity index is 1200. The number of unbranched alkanes of at least 4 members (excludes halogenated alkanes) is 8. The van der Waals surface area contributed by atoms with E-state index in [4.69, 9.17) is 33.7 Å². The van der Waals surface area contributed by atoms with Gasteiger partial charge in [0.2, 0.25) is 5.91 Å². The molecular formula is C33H49Cl2N5O5. The third kappa shape index (κ3) is 14.2. The Balaban J connectivity index is 2.05. The molecule has 1 fully saturated rings. The minimum atomic E-state index is -0.708. The van der Waals surface area contributed by atoms with Crippen molar-refractivity contribution in [1.29, 1.82) is 0 Å². The van der Waals surface area contributed by atoms with Crippen molar-refractivity contribution in [3.05, 3.63) is 45.2 Å². The molecule has 1 aromatic rings. The Labute approximate surface area is 277 Å². The molecule has 1 saturated heterocycles. The van der Waals surface area contributed by atoms with Crippen molar-refractivity contribution < 1.29 is 23.9 Å². The number of carbonyl (C=O) groups is 4. The predicted octanol–water partition coefficient (Wildman–Crippen LogP) is 6.93. The van der Waals surface area contributed by atoms with Crippen LogP contribution in [0.2, 0.25) is 10.0 Å². The molecule has 4 N–H and O–H groups in total. The van der Waals surface area contributed by atoms with E-state index in [1.54, 1.807) is 31.7 Å². The lowest BCUT2D eigenvalue weighted by Gasteiger charge is -2.33. The number of benzene rings is 1. The molecule has 250 valence electrons. The van der Waals surface area contributed by atoms with Gasteiger partial charge in [-0.25, -0.2) is 9.79 Å². The van der Waals surface area contributed by atoms with Crippen molar-refractivity contribution in [1.82, 2.24) is 15.5 Å². The second kappa shape index (κ2) is 19.4. The Morgan fingerprint density at radius 3 is 2.09 bits per heavy atom. The number of rotatable bonds is 15. The van der Waals surface area contributed by atoms with Crippen molar-refractivity contribution in [2.45, 2.75) is 116 Å². The molecule has 10 nitrogen and oxygen atoms in total. The number of nitrogens with zero attached hydrogens (tertiary/aromatic N) is 2. The van der Waals surface area contributed by atoms with E-state index < -0.39 is 23.5 Å². The first-order valence-corrected chi connectivity index (χ1v) is 16.7. The fraction of sp³-hybridized carbons (Fsp3) is 0.606. The van der Waals surface area contributed by atoms with E-state index in [1.165, 1.54) is 44.2 Å². The lowest BCUT2D eigenvalue weighted by molar-refractivity contribution is -0.119. The largest absolute Gasteiger partial charge is 0.444 e. The van der Waals surface area contributed by atoms with Crippen LogP contribution in [0.5, 0.6) is 0 Å². The van der Waals surface area contributed by atoms with Crippen molar-refractivity contribution >= 4 is 53.2 Å². The summed E-state index contributed by atoms with van der Waals surface area (Å²) in [6, 6.07) is 4.35. The number of nitrogens with one attached hydrogen (secondary N) is 2. The molecule has 0 saturated carbocycles. The summed E-state index contributed by atoms with van der Waals surface area (Å²) in [6.07, 6.45) is 12.0. The van der Waals surface area contributed by atoms with Gasteiger partial charge in [-0.15, -0.1) is 0 Å². The van der Waals surface area contributed by atoms with Crippen LogP contribution in [-0.4, -0.2) is 59.7 Å². The number of carbonyl (C=O) groups excluding carboxylic acids is 4. The summed E-state index contributed by atoms with van der Waals surface area (Å²) >= 11 is 12.4. The molecule has 1 aliphatic heterocycles. The van der Waals surface area contributed by atoms with Crippen LogP contribution in [0.15, 0.2) is 34.6 Å². The quantitative estimate of drug-likeness (QED) is 0.105. The normalized spacial score (nSPS) is 14.7. The fourth-order valence-electron chi connectivity index (χ4n) is 4.78. The SMILES string of the molecule is CCCCCCCCCCCC(=O)N=C/C(NC(=O)c1c(Cl)cccc1Cl)=C(\N)C(=O)NC1CCN(C(=O)OC(C)(C)C)CC1. The smallest absolute Gasteiger partial charge is 0.410 e. The first-order valence-electron chi connectivity index (χ1n) is 15.9. The van der Waals surface area contributed by atoms with E-state index in [0.717, 1.165) is 25.5 Å². The minimum absolute atomic E-state index is 0.00419. The average Bonchev–Trinajstić information content (AvgIpc) is 2.97. The monoisotopic (exact) mass is 665 g/mol. The molecule has 0 spiro atoms. The molecular weight excluding hydrogens is 617 g/mol. The van der Waals surface area contributed by atoms with Crippen LogP contribution in [0.25, 0.3) is 0 Å². The summed E-state index contributed by atoms with van der Waals surface area (Å²) in [4.78, 5) is 56.8. The van der Waals surface area contributed by atoms with E-state index >= 15 is 0 Å². The van der Waals surface area contributed by atoms with E-state index in [9.17, 15) is 19.2 Å². The number of aliphatic imine (C=N–C) groups is 1. The van der Waals surface area contributed by atoms with Gasteiger partial charge in [0.05, 0.1) is 27.5 Å². The lowest BCUT2D eigenvalue weighted by Crippen LogP contribution is -2.48. The van der Waals surface area contributed by atoms with Crippen LogP contribution < -0.4 is 16.4 Å². The van der Waals surface area contributed by atoms with Gasteiger partial charge < -0.3 is 26.0 Å². The Morgan fingerprint density at radius 2 is 1.53 bits per heavy atom. The number of nitrogens with two attached hydrogens (primary N) is 1. The molecule has 12 heteroatoms. The van der Waals surface area contributed by atoms with Crippen molar-refractivity contribution in [2.75, 3.05) is 13.1 Å². The van der Waals surface area contributed by atoms with Crippen LogP contribution in [-0.2, 0) is 14.3 Å². The molecule has 4 amide bonds. The molecule has 1 heterocycles. The maximum absolute atomic E-state index is 13.2. The molecule has 1 aromatic carbocycles. The molecule has 0 unspecified atom stereocenters. The standard InChI is InChI=1S/C33H49Cl2N5O5/c1-5-6-7-8-9-10-11-12-13-17-27(41)37-22-26(39-30(42)28-24(34)15-14-16-25(28)35)29(36)31(43)38-23-18-20-40(21-19-23)32(44)45-33(2,3)4/h14-16,22-23H,5-13,17-21,36H2,1-4H3,(H,38,43)(H,39,42)/b29-26+,37-22?. The van der Waals surface area contributed by atoms with Gasteiger partial charge in [0.15, 0.2) is 0 Å². The van der Waals surface area contributed by atoms with Crippen LogP contribution >= 0.6 is 23.2 Å². The summed E-state index contributed by atoms with van der Waals surface area (Å²) in [5.41, 5.74) is 5.12. The van der Waals surface area contributed by atoms with Gasteiger partial charge in [0.25, 0.3) is 11.8 Å². The summed E-state index contributed by atoms with van der Waals surface area (Å²) in [5, 5.41) is 5.62. The zero-order valence-corrected chi connectivity index (χ0v) is 28.6. The molecule has 45 heavy (non-hydrogen) atoms. The van der Waals surface area contributed by atoms with E-state index in [2.05, 4.69) is 22.5 Å². The number of piperidine rings is 1. The van der Waals surface area contributed by atoms with Gasteiger partial charge >= 0.3 is 6.09 Å². The molecule has 0 aliphatic carbocycles. The van der Waals surface area contributed by atoms with Gasteiger partial charge in [0, 0.05) is 25.6 Å². The first-order chi connectivity index (χ1) is 21.3. The average molecular weight is 667 g/mol. The molecule has 0 aromatic heterocycles. The maximum atomic E-state index is 13.2. The van der Waals surface area contributed by atoms with Crippen molar-refractivity contribution in [2.24, 2.45) is 10.7 Å². The van der Waals surface area contributed by atoms with Gasteiger partial charge in [0.1, 0.15) is 11.3 Å². The van der Waals surface area contributed by atoms with Crippen molar-refractivity contribution in [3.63, 3.8) is 0 Å². The summed E-state index contributed by atoms with van der Waals surface area (Å²) in [6.45, 7) is 8.40. The number of hydrogen-bond donors (Lipinski definition) is 3. The zero-order chi connectivity index (χ0) is 33.4. The molecule has 2 rings (SSSR count). The molecule has 0 bridgehead atoms. The zero-order valence-electron chi connectivity index (χ0n) is 27.1. The Morgan fingerprint density at radius 1 is 0.978 bits per heavy atom. The first kappa shape index (κ1) is 38.1. The second-order valence-corrected chi connectivity index (χ2v) is 13.1. The highest BCUT2D eigenvalue weighted by molar-refractivity contribution is 6.39. The minimum Gasteiger partial charge on any atom is -0.444 e. The van der Waals surface area contributed by atoms with E-state index in [0.29, 0.717) is 32.4 Å². The molecule has 0 atom stereocenters. The number of ether oxygens (including phenoxy) is 1. The van der Waals surface area contributed by atoms with Gasteiger partial charge in [-0.1, -0.05) is 87.6 Å². The maximum Gasteiger partial charge on any atom is 0.410 e. The van der Waals surface area contributed by atoms with E-state index in [-0.39, 0.29) is 45.4 Å². The molecule has 1 aliphatic rings. The Hall–Kier alpha value is -3.11.